The SMILES string of the molecule is NCc1ccc(C(F)(F)F)nc1OCc1cccc(Cl)c1. The van der Waals surface area contributed by atoms with Crippen LogP contribution in [0.4, 0.5) is 13.2 Å². The number of hydrogen-bond donors (Lipinski definition) is 1. The number of nitrogens with two attached hydrogens (primary N) is 1. The highest BCUT2D eigenvalue weighted by Crippen LogP contribution is 2.30. The van der Waals surface area contributed by atoms with Crippen molar-refractivity contribution in [3.05, 3.63) is 58.2 Å². The van der Waals surface area contributed by atoms with E-state index >= 15 is 0 Å². The highest BCUT2D eigenvalue weighted by atomic mass is 35.5. The Labute approximate surface area is 124 Å². The number of pyridine rings is 1. The van der Waals surface area contributed by atoms with Gasteiger partial charge in [0.2, 0.25) is 5.88 Å². The van der Waals surface area contributed by atoms with Crippen LogP contribution in [0.5, 0.6) is 5.88 Å². The second kappa shape index (κ2) is 6.32. The summed E-state index contributed by atoms with van der Waals surface area (Å²) in [6.45, 7) is 0.0951. The topological polar surface area (TPSA) is 48.1 Å². The molecule has 21 heavy (non-hydrogen) atoms. The lowest BCUT2D eigenvalue weighted by Gasteiger charge is -2.12. The molecule has 0 aliphatic rings. The summed E-state index contributed by atoms with van der Waals surface area (Å²) in [6, 6.07) is 8.99. The molecule has 3 nitrogen and oxygen atoms in total. The Morgan fingerprint density at radius 2 is 1.95 bits per heavy atom. The van der Waals surface area contributed by atoms with Gasteiger partial charge in [0, 0.05) is 17.1 Å². The summed E-state index contributed by atoms with van der Waals surface area (Å²) in [5.74, 6) is -0.118. The first-order chi connectivity index (χ1) is 9.90. The number of rotatable bonds is 4. The third-order valence-electron chi connectivity index (χ3n) is 2.71. The number of benzene rings is 1. The van der Waals surface area contributed by atoms with Gasteiger partial charge in [-0.3, -0.25) is 0 Å². The van der Waals surface area contributed by atoms with Gasteiger partial charge in [-0.05, 0) is 23.8 Å². The molecule has 2 rings (SSSR count). The molecule has 0 fully saturated rings. The second-order valence-electron chi connectivity index (χ2n) is 4.28. The number of aromatic nitrogens is 1. The van der Waals surface area contributed by atoms with Crippen LogP contribution in [0.15, 0.2) is 36.4 Å². The molecule has 0 spiro atoms. The Morgan fingerprint density at radius 1 is 1.19 bits per heavy atom. The van der Waals surface area contributed by atoms with Crippen LogP contribution in [0.3, 0.4) is 0 Å². The van der Waals surface area contributed by atoms with Crippen molar-refractivity contribution in [2.45, 2.75) is 19.3 Å². The molecule has 2 aromatic rings. The van der Waals surface area contributed by atoms with Crippen LogP contribution in [0.25, 0.3) is 0 Å². The number of nitrogens with zero attached hydrogens (tertiary/aromatic N) is 1. The Morgan fingerprint density at radius 3 is 2.57 bits per heavy atom. The molecule has 1 heterocycles. The van der Waals surface area contributed by atoms with Gasteiger partial charge in [0.25, 0.3) is 0 Å². The summed E-state index contributed by atoms with van der Waals surface area (Å²) in [5.41, 5.74) is 5.60. The van der Waals surface area contributed by atoms with Crippen LogP contribution in [-0.4, -0.2) is 4.98 Å². The van der Waals surface area contributed by atoms with E-state index in [1.54, 1.807) is 24.3 Å². The average molecular weight is 317 g/mol. The van der Waals surface area contributed by atoms with E-state index in [1.165, 1.54) is 6.07 Å². The lowest BCUT2D eigenvalue weighted by atomic mass is 10.2. The van der Waals surface area contributed by atoms with Crippen molar-refractivity contribution < 1.29 is 17.9 Å². The van der Waals surface area contributed by atoms with Crippen molar-refractivity contribution in [3.63, 3.8) is 0 Å². The first-order valence-corrected chi connectivity index (χ1v) is 6.42. The summed E-state index contributed by atoms with van der Waals surface area (Å²) in [7, 11) is 0. The number of halogens is 4. The maximum Gasteiger partial charge on any atom is 0.433 e. The minimum absolute atomic E-state index is 0.0377. The van der Waals surface area contributed by atoms with Gasteiger partial charge in [0.15, 0.2) is 0 Å². The molecule has 0 radical (unpaired) electrons. The average Bonchev–Trinajstić information content (AvgIpc) is 2.44. The van der Waals surface area contributed by atoms with Crippen molar-refractivity contribution in [2.75, 3.05) is 0 Å². The van der Waals surface area contributed by atoms with E-state index in [2.05, 4.69) is 4.98 Å². The molecule has 0 amide bonds. The van der Waals surface area contributed by atoms with Gasteiger partial charge in [0.1, 0.15) is 12.3 Å². The molecule has 0 bridgehead atoms. The fourth-order valence-electron chi connectivity index (χ4n) is 1.69. The van der Waals surface area contributed by atoms with E-state index in [0.717, 1.165) is 11.6 Å². The standard InChI is InChI=1S/C14H12ClF3N2O/c15-11-3-1-2-9(6-11)8-21-13-10(7-19)4-5-12(20-13)14(16,17)18/h1-6H,7-8,19H2. The van der Waals surface area contributed by atoms with Crippen LogP contribution in [0.2, 0.25) is 5.02 Å². The van der Waals surface area contributed by atoms with E-state index in [-0.39, 0.29) is 19.0 Å². The highest BCUT2D eigenvalue weighted by Gasteiger charge is 2.33. The molecule has 0 aliphatic heterocycles. The quantitative estimate of drug-likeness (QED) is 0.933. The van der Waals surface area contributed by atoms with E-state index in [0.29, 0.717) is 10.6 Å². The summed E-state index contributed by atoms with van der Waals surface area (Å²) in [6.07, 6.45) is -4.53. The van der Waals surface area contributed by atoms with Crippen molar-refractivity contribution in [1.29, 1.82) is 0 Å². The van der Waals surface area contributed by atoms with Crippen molar-refractivity contribution in [2.24, 2.45) is 5.73 Å². The van der Waals surface area contributed by atoms with E-state index in [1.807, 2.05) is 0 Å². The molecular weight excluding hydrogens is 305 g/mol. The van der Waals surface area contributed by atoms with Crippen LogP contribution in [0, 0.1) is 0 Å². The Kier molecular flexibility index (Phi) is 4.69. The van der Waals surface area contributed by atoms with E-state index < -0.39 is 11.9 Å². The van der Waals surface area contributed by atoms with Gasteiger partial charge in [-0.1, -0.05) is 29.8 Å². The predicted molar refractivity (Wildman–Crippen MR) is 72.9 cm³/mol. The first-order valence-electron chi connectivity index (χ1n) is 6.04. The lowest BCUT2D eigenvalue weighted by molar-refractivity contribution is -0.141. The maximum atomic E-state index is 12.7. The number of ether oxygens (including phenoxy) is 1. The Balaban J connectivity index is 2.21. The van der Waals surface area contributed by atoms with Gasteiger partial charge in [-0.2, -0.15) is 13.2 Å². The summed E-state index contributed by atoms with van der Waals surface area (Å²) >= 11 is 5.83. The molecular formula is C14H12ClF3N2O. The molecule has 0 aliphatic carbocycles. The monoisotopic (exact) mass is 316 g/mol. The highest BCUT2D eigenvalue weighted by molar-refractivity contribution is 6.30. The van der Waals surface area contributed by atoms with Gasteiger partial charge < -0.3 is 10.5 Å². The summed E-state index contributed by atoms with van der Waals surface area (Å²) < 4.78 is 43.3. The van der Waals surface area contributed by atoms with E-state index in [4.69, 9.17) is 22.1 Å². The zero-order chi connectivity index (χ0) is 15.5. The Hall–Kier alpha value is -1.79. The number of alkyl halides is 3. The van der Waals surface area contributed by atoms with Crippen LogP contribution >= 0.6 is 11.6 Å². The lowest BCUT2D eigenvalue weighted by Crippen LogP contribution is -2.12. The number of hydrogen-bond acceptors (Lipinski definition) is 3. The zero-order valence-corrected chi connectivity index (χ0v) is 11.6. The maximum absolute atomic E-state index is 12.7. The molecule has 2 N–H and O–H groups in total. The zero-order valence-electron chi connectivity index (χ0n) is 10.8. The van der Waals surface area contributed by atoms with Gasteiger partial charge in [0.05, 0.1) is 0 Å². The smallest absolute Gasteiger partial charge is 0.433 e. The fraction of sp³-hybridized carbons (Fsp3) is 0.214. The second-order valence-corrected chi connectivity index (χ2v) is 4.72. The van der Waals surface area contributed by atoms with Crippen LogP contribution in [0.1, 0.15) is 16.8 Å². The van der Waals surface area contributed by atoms with Crippen molar-refractivity contribution in [3.8, 4) is 5.88 Å². The van der Waals surface area contributed by atoms with Gasteiger partial charge in [-0.15, -0.1) is 0 Å². The molecule has 0 unspecified atom stereocenters. The fourth-order valence-corrected chi connectivity index (χ4v) is 1.90. The van der Waals surface area contributed by atoms with Gasteiger partial charge >= 0.3 is 6.18 Å². The molecule has 7 heteroatoms. The molecule has 0 atom stereocenters. The molecule has 0 saturated heterocycles. The van der Waals surface area contributed by atoms with E-state index in [9.17, 15) is 13.2 Å². The third-order valence-corrected chi connectivity index (χ3v) is 2.95. The third kappa shape index (κ3) is 4.09. The Bertz CT molecular complexity index is 632. The minimum atomic E-state index is -4.53. The summed E-state index contributed by atoms with van der Waals surface area (Å²) in [4.78, 5) is 3.49. The van der Waals surface area contributed by atoms with Gasteiger partial charge in [-0.25, -0.2) is 4.98 Å². The predicted octanol–water partition coefficient (Wildman–Crippen LogP) is 3.79. The molecule has 1 aromatic heterocycles. The minimum Gasteiger partial charge on any atom is -0.473 e. The largest absolute Gasteiger partial charge is 0.473 e. The van der Waals surface area contributed by atoms with Crippen molar-refractivity contribution in [1.82, 2.24) is 4.98 Å². The molecule has 112 valence electrons. The molecule has 0 saturated carbocycles. The van der Waals surface area contributed by atoms with Crippen LogP contribution in [-0.2, 0) is 19.3 Å². The first kappa shape index (κ1) is 15.6. The van der Waals surface area contributed by atoms with Crippen molar-refractivity contribution >= 4 is 11.6 Å². The molecule has 1 aromatic carbocycles. The van der Waals surface area contributed by atoms with Crippen LogP contribution < -0.4 is 10.5 Å². The summed E-state index contributed by atoms with van der Waals surface area (Å²) in [5, 5.41) is 0.521. The normalized spacial score (nSPS) is 11.5.